The minimum atomic E-state index is -0.607. The Kier molecular flexibility index (Phi) is 3.31. The number of rotatable bonds is 3. The van der Waals surface area contributed by atoms with Gasteiger partial charge in [-0.25, -0.2) is 0 Å². The Bertz CT molecular complexity index is 183. The molecule has 0 radical (unpaired) electrons. The molecule has 0 amide bonds. The van der Waals surface area contributed by atoms with Crippen LogP contribution in [0.15, 0.2) is 0 Å². The van der Waals surface area contributed by atoms with Gasteiger partial charge in [-0.1, -0.05) is 6.92 Å². The van der Waals surface area contributed by atoms with E-state index in [9.17, 15) is 4.79 Å². The number of carboxylic acids is 1. The van der Waals surface area contributed by atoms with E-state index in [0.29, 0.717) is 6.04 Å². The van der Waals surface area contributed by atoms with E-state index in [-0.39, 0.29) is 0 Å². The Hall–Kier alpha value is -0.570. The second-order valence-corrected chi connectivity index (χ2v) is 4.00. The molecule has 0 spiro atoms. The first kappa shape index (κ1) is 10.5. The lowest BCUT2D eigenvalue weighted by Gasteiger charge is -2.35. The van der Waals surface area contributed by atoms with Gasteiger partial charge in [0.15, 0.2) is 0 Å². The number of hydrogen-bond acceptors (Lipinski definition) is 2. The molecule has 0 aliphatic heterocycles. The Balaban J connectivity index is 2.58. The molecule has 3 heteroatoms. The van der Waals surface area contributed by atoms with Crippen molar-refractivity contribution in [2.75, 3.05) is 7.05 Å². The van der Waals surface area contributed by atoms with Crippen molar-refractivity contribution in [1.29, 1.82) is 0 Å². The molecule has 0 saturated heterocycles. The highest BCUT2D eigenvalue weighted by Gasteiger charge is 2.39. The van der Waals surface area contributed by atoms with Crippen LogP contribution in [0.1, 0.15) is 39.0 Å². The third kappa shape index (κ3) is 2.02. The van der Waals surface area contributed by atoms with Gasteiger partial charge in [0, 0.05) is 6.04 Å². The minimum absolute atomic E-state index is 0.423. The molecular weight excluding hydrogens is 166 g/mol. The summed E-state index contributed by atoms with van der Waals surface area (Å²) < 4.78 is 0. The van der Waals surface area contributed by atoms with Crippen LogP contribution in [0.5, 0.6) is 0 Å². The molecule has 0 atom stereocenters. The van der Waals surface area contributed by atoms with Gasteiger partial charge in [-0.05, 0) is 39.2 Å². The van der Waals surface area contributed by atoms with Crippen molar-refractivity contribution in [3.05, 3.63) is 0 Å². The zero-order valence-corrected chi connectivity index (χ0v) is 8.47. The van der Waals surface area contributed by atoms with E-state index >= 15 is 0 Å². The first-order valence-electron chi connectivity index (χ1n) is 5.05. The first-order chi connectivity index (χ1) is 6.14. The van der Waals surface area contributed by atoms with Crippen molar-refractivity contribution < 1.29 is 9.90 Å². The van der Waals surface area contributed by atoms with Crippen LogP contribution in [0.4, 0.5) is 0 Å². The summed E-state index contributed by atoms with van der Waals surface area (Å²) in [6.07, 6.45) is 4.40. The van der Waals surface area contributed by atoms with Crippen molar-refractivity contribution >= 4 is 5.97 Å². The van der Waals surface area contributed by atoms with Crippen molar-refractivity contribution in [3.8, 4) is 0 Å². The maximum Gasteiger partial charge on any atom is 0.309 e. The fraction of sp³-hybridized carbons (Fsp3) is 0.900. The lowest BCUT2D eigenvalue weighted by Crippen LogP contribution is -2.40. The largest absolute Gasteiger partial charge is 0.481 e. The summed E-state index contributed by atoms with van der Waals surface area (Å²) in [5, 5.41) is 12.3. The quantitative estimate of drug-likeness (QED) is 0.702. The standard InChI is InChI=1S/C10H19NO2/c1-3-10(9(12)13)6-4-8(11-2)5-7-10/h8,11H,3-7H2,1-2H3,(H,12,13). The van der Waals surface area contributed by atoms with Crippen LogP contribution in [-0.2, 0) is 4.79 Å². The molecule has 2 N–H and O–H groups in total. The topological polar surface area (TPSA) is 49.3 Å². The molecule has 76 valence electrons. The average Bonchev–Trinajstić information content (AvgIpc) is 2.17. The van der Waals surface area contributed by atoms with Gasteiger partial charge in [0.2, 0.25) is 0 Å². The highest BCUT2D eigenvalue weighted by molar-refractivity contribution is 5.74. The average molecular weight is 185 g/mol. The maximum atomic E-state index is 11.1. The fourth-order valence-electron chi connectivity index (χ4n) is 2.18. The number of carbonyl (C=O) groups is 1. The molecule has 1 aliphatic rings. The molecule has 0 aromatic rings. The Morgan fingerprint density at radius 2 is 2.08 bits per heavy atom. The van der Waals surface area contributed by atoms with E-state index < -0.39 is 11.4 Å². The van der Waals surface area contributed by atoms with E-state index in [0.717, 1.165) is 32.1 Å². The summed E-state index contributed by atoms with van der Waals surface area (Å²) in [4.78, 5) is 11.1. The van der Waals surface area contributed by atoms with Gasteiger partial charge >= 0.3 is 5.97 Å². The highest BCUT2D eigenvalue weighted by atomic mass is 16.4. The van der Waals surface area contributed by atoms with Crippen LogP contribution in [0, 0.1) is 5.41 Å². The van der Waals surface area contributed by atoms with Crippen LogP contribution in [0.3, 0.4) is 0 Å². The van der Waals surface area contributed by atoms with Gasteiger partial charge in [-0.15, -0.1) is 0 Å². The zero-order chi connectivity index (χ0) is 9.90. The fourth-order valence-corrected chi connectivity index (χ4v) is 2.18. The van der Waals surface area contributed by atoms with E-state index in [1.54, 1.807) is 0 Å². The van der Waals surface area contributed by atoms with Crippen LogP contribution in [-0.4, -0.2) is 24.2 Å². The smallest absolute Gasteiger partial charge is 0.309 e. The molecule has 1 aliphatic carbocycles. The molecule has 0 aromatic carbocycles. The van der Waals surface area contributed by atoms with E-state index in [4.69, 9.17) is 5.11 Å². The molecule has 3 nitrogen and oxygen atoms in total. The Morgan fingerprint density at radius 3 is 2.38 bits per heavy atom. The molecule has 1 rings (SSSR count). The second kappa shape index (κ2) is 4.09. The van der Waals surface area contributed by atoms with Crippen molar-refractivity contribution in [2.24, 2.45) is 5.41 Å². The van der Waals surface area contributed by atoms with Crippen LogP contribution >= 0.6 is 0 Å². The molecule has 13 heavy (non-hydrogen) atoms. The number of carboxylic acid groups (broad SMARTS) is 1. The molecule has 1 saturated carbocycles. The van der Waals surface area contributed by atoms with Gasteiger partial charge < -0.3 is 10.4 Å². The number of hydrogen-bond donors (Lipinski definition) is 2. The summed E-state index contributed by atoms with van der Waals surface area (Å²) in [6.45, 7) is 1.98. The first-order valence-corrected chi connectivity index (χ1v) is 5.05. The molecular formula is C10H19NO2. The Morgan fingerprint density at radius 1 is 1.54 bits per heavy atom. The summed E-state index contributed by atoms with van der Waals surface area (Å²) in [5.41, 5.74) is -0.423. The maximum absolute atomic E-state index is 11.1. The van der Waals surface area contributed by atoms with Crippen molar-refractivity contribution in [1.82, 2.24) is 5.32 Å². The van der Waals surface area contributed by atoms with Crippen molar-refractivity contribution in [2.45, 2.75) is 45.1 Å². The summed E-state index contributed by atoms with van der Waals surface area (Å²) in [6, 6.07) is 0.527. The summed E-state index contributed by atoms with van der Waals surface area (Å²) in [5.74, 6) is -0.607. The lowest BCUT2D eigenvalue weighted by atomic mass is 9.71. The highest BCUT2D eigenvalue weighted by Crippen LogP contribution is 2.39. The SMILES string of the molecule is CCC1(C(=O)O)CCC(NC)CC1. The van der Waals surface area contributed by atoms with Gasteiger partial charge in [0.1, 0.15) is 0 Å². The van der Waals surface area contributed by atoms with Crippen LogP contribution in [0.25, 0.3) is 0 Å². The summed E-state index contributed by atoms with van der Waals surface area (Å²) in [7, 11) is 1.95. The molecule has 1 fully saturated rings. The molecule has 0 unspecified atom stereocenters. The van der Waals surface area contributed by atoms with Gasteiger partial charge in [0.25, 0.3) is 0 Å². The number of aliphatic carboxylic acids is 1. The third-order valence-corrected chi connectivity index (χ3v) is 3.48. The Labute approximate surface area is 79.5 Å². The minimum Gasteiger partial charge on any atom is -0.481 e. The number of nitrogens with one attached hydrogen (secondary N) is 1. The summed E-state index contributed by atoms with van der Waals surface area (Å²) >= 11 is 0. The normalized spacial score (nSPS) is 34.5. The molecule has 0 aromatic heterocycles. The van der Waals surface area contributed by atoms with E-state index in [1.807, 2.05) is 14.0 Å². The predicted octanol–water partition coefficient (Wildman–Crippen LogP) is 1.63. The van der Waals surface area contributed by atoms with E-state index in [1.165, 1.54) is 0 Å². The second-order valence-electron chi connectivity index (χ2n) is 4.00. The van der Waals surface area contributed by atoms with Crippen LogP contribution in [0.2, 0.25) is 0 Å². The van der Waals surface area contributed by atoms with Gasteiger partial charge in [0.05, 0.1) is 5.41 Å². The van der Waals surface area contributed by atoms with Gasteiger partial charge in [-0.2, -0.15) is 0 Å². The molecule has 0 bridgehead atoms. The monoisotopic (exact) mass is 185 g/mol. The zero-order valence-electron chi connectivity index (χ0n) is 8.47. The van der Waals surface area contributed by atoms with E-state index in [2.05, 4.69) is 5.32 Å². The van der Waals surface area contributed by atoms with Gasteiger partial charge in [-0.3, -0.25) is 4.79 Å². The third-order valence-electron chi connectivity index (χ3n) is 3.48. The predicted molar refractivity (Wildman–Crippen MR) is 51.7 cm³/mol. The lowest BCUT2D eigenvalue weighted by molar-refractivity contribution is -0.151. The van der Waals surface area contributed by atoms with Crippen molar-refractivity contribution in [3.63, 3.8) is 0 Å². The molecule has 0 heterocycles. The van der Waals surface area contributed by atoms with Crippen LogP contribution < -0.4 is 5.32 Å².